The summed E-state index contributed by atoms with van der Waals surface area (Å²) in [4.78, 5) is 2.69. The van der Waals surface area contributed by atoms with Gasteiger partial charge in [0.25, 0.3) is 0 Å². The van der Waals surface area contributed by atoms with Gasteiger partial charge in [-0.15, -0.1) is 0 Å². The van der Waals surface area contributed by atoms with Gasteiger partial charge < -0.3 is 11.1 Å². The largest absolute Gasteiger partial charge is 0.330 e. The van der Waals surface area contributed by atoms with Gasteiger partial charge in [-0.25, -0.2) is 0 Å². The van der Waals surface area contributed by atoms with E-state index < -0.39 is 0 Å². The average molecular weight is 498 g/mol. The number of hydrogen-bond donors (Lipinski definition) is 2. The zero-order valence-electron chi connectivity index (χ0n) is 20.9. The second-order valence-electron chi connectivity index (χ2n) is 10.1. The fourth-order valence-corrected chi connectivity index (χ4v) is 5.59. The fourth-order valence-electron chi connectivity index (χ4n) is 5.41. The highest BCUT2D eigenvalue weighted by Crippen LogP contribution is 2.24. The molecule has 4 aromatic carbocycles. The third kappa shape index (κ3) is 6.35. The molecule has 4 heteroatoms. The van der Waals surface area contributed by atoms with Crippen LogP contribution in [0.25, 0.3) is 21.9 Å². The predicted octanol–water partition coefficient (Wildman–Crippen LogP) is 6.67. The van der Waals surface area contributed by atoms with Crippen LogP contribution in [0.5, 0.6) is 0 Å². The van der Waals surface area contributed by atoms with E-state index in [1.165, 1.54) is 45.9 Å². The third-order valence-corrected chi connectivity index (χ3v) is 7.64. The number of nitrogens with two attached hydrogens (primary N) is 1. The lowest BCUT2D eigenvalue weighted by atomic mass is 9.96. The standard InChI is InChI=1S/C32H36ClN3/c33-30-16-15-28-18-25(11-14-29(28)20-30)19-31-23-36(32(21-35-31)8-4-5-17-34)22-24-9-12-27(13-10-24)26-6-2-1-3-7-26/h1-3,6-7,9-16,18,20,31-32,35H,4-5,8,17,19,21-23,34H2. The Morgan fingerprint density at radius 2 is 1.53 bits per heavy atom. The van der Waals surface area contributed by atoms with Gasteiger partial charge >= 0.3 is 0 Å². The van der Waals surface area contributed by atoms with Crippen molar-refractivity contribution in [2.45, 2.75) is 44.3 Å². The first-order chi connectivity index (χ1) is 17.7. The summed E-state index contributed by atoms with van der Waals surface area (Å²) in [6, 6.07) is 33.6. The fraction of sp³-hybridized carbons (Fsp3) is 0.312. The molecule has 0 aromatic heterocycles. The van der Waals surface area contributed by atoms with E-state index >= 15 is 0 Å². The van der Waals surface area contributed by atoms with Crippen LogP contribution in [0, 0.1) is 0 Å². The van der Waals surface area contributed by atoms with E-state index in [0.717, 1.165) is 44.0 Å². The summed E-state index contributed by atoms with van der Waals surface area (Å²) in [6.45, 7) is 3.83. The lowest BCUT2D eigenvalue weighted by Gasteiger charge is -2.41. The molecule has 2 atom stereocenters. The van der Waals surface area contributed by atoms with Crippen molar-refractivity contribution in [3.8, 4) is 11.1 Å². The summed E-state index contributed by atoms with van der Waals surface area (Å²) in [5, 5.41) is 7.09. The molecule has 1 aliphatic heterocycles. The maximum atomic E-state index is 6.17. The van der Waals surface area contributed by atoms with Crippen LogP contribution in [0.15, 0.2) is 91.0 Å². The Bertz CT molecular complexity index is 1260. The molecule has 1 fully saturated rings. The van der Waals surface area contributed by atoms with Crippen molar-refractivity contribution in [1.29, 1.82) is 0 Å². The minimum Gasteiger partial charge on any atom is -0.330 e. The van der Waals surface area contributed by atoms with Crippen molar-refractivity contribution in [2.75, 3.05) is 19.6 Å². The molecular weight excluding hydrogens is 462 g/mol. The van der Waals surface area contributed by atoms with Crippen LogP contribution in [0.1, 0.15) is 30.4 Å². The Morgan fingerprint density at radius 3 is 2.33 bits per heavy atom. The Morgan fingerprint density at radius 1 is 0.806 bits per heavy atom. The molecule has 0 spiro atoms. The van der Waals surface area contributed by atoms with E-state index in [2.05, 4.69) is 89.1 Å². The lowest BCUT2D eigenvalue weighted by molar-refractivity contribution is 0.113. The number of nitrogens with one attached hydrogen (secondary N) is 1. The molecule has 36 heavy (non-hydrogen) atoms. The number of nitrogens with zero attached hydrogens (tertiary/aromatic N) is 1. The zero-order valence-corrected chi connectivity index (χ0v) is 21.6. The summed E-state index contributed by atoms with van der Waals surface area (Å²) in [6.07, 6.45) is 4.50. The van der Waals surface area contributed by atoms with Gasteiger partial charge in [0.1, 0.15) is 0 Å². The molecule has 186 valence electrons. The summed E-state index contributed by atoms with van der Waals surface area (Å²) in [5.74, 6) is 0. The van der Waals surface area contributed by atoms with Crippen molar-refractivity contribution in [2.24, 2.45) is 5.73 Å². The van der Waals surface area contributed by atoms with Crippen LogP contribution < -0.4 is 11.1 Å². The summed E-state index contributed by atoms with van der Waals surface area (Å²) < 4.78 is 0. The van der Waals surface area contributed by atoms with Crippen molar-refractivity contribution in [1.82, 2.24) is 10.2 Å². The van der Waals surface area contributed by atoms with Crippen LogP contribution in [-0.2, 0) is 13.0 Å². The van der Waals surface area contributed by atoms with E-state index in [4.69, 9.17) is 17.3 Å². The topological polar surface area (TPSA) is 41.3 Å². The van der Waals surface area contributed by atoms with Gasteiger partial charge in [-0.05, 0) is 71.0 Å². The highest BCUT2D eigenvalue weighted by atomic mass is 35.5. The zero-order chi connectivity index (χ0) is 24.7. The Kier molecular flexibility index (Phi) is 8.35. The SMILES string of the molecule is NCCCCC1CNC(Cc2ccc3cc(Cl)ccc3c2)CN1Cc1ccc(-c2ccccc2)cc1. The number of benzene rings is 4. The van der Waals surface area contributed by atoms with Crippen molar-refractivity contribution < 1.29 is 0 Å². The Hall–Kier alpha value is -2.69. The molecule has 0 amide bonds. The van der Waals surface area contributed by atoms with E-state index in [-0.39, 0.29) is 0 Å². The van der Waals surface area contributed by atoms with Gasteiger partial charge in [0.05, 0.1) is 0 Å². The molecule has 0 radical (unpaired) electrons. The lowest BCUT2D eigenvalue weighted by Crippen LogP contribution is -2.56. The molecule has 1 heterocycles. The van der Waals surface area contributed by atoms with Crippen molar-refractivity contribution >= 4 is 22.4 Å². The van der Waals surface area contributed by atoms with Crippen LogP contribution in [0.3, 0.4) is 0 Å². The number of unbranched alkanes of at least 4 members (excludes halogenated alkanes) is 1. The van der Waals surface area contributed by atoms with E-state index in [1.54, 1.807) is 0 Å². The van der Waals surface area contributed by atoms with E-state index in [1.807, 2.05) is 12.1 Å². The number of hydrogen-bond acceptors (Lipinski definition) is 3. The van der Waals surface area contributed by atoms with Crippen molar-refractivity contribution in [3.63, 3.8) is 0 Å². The number of halogens is 1. The van der Waals surface area contributed by atoms with Crippen LogP contribution in [0.4, 0.5) is 0 Å². The number of rotatable bonds is 9. The van der Waals surface area contributed by atoms with Gasteiger partial charge in [-0.1, -0.05) is 96.9 Å². The van der Waals surface area contributed by atoms with Gasteiger partial charge in [0.15, 0.2) is 0 Å². The van der Waals surface area contributed by atoms with Crippen LogP contribution in [-0.4, -0.2) is 36.6 Å². The molecule has 0 bridgehead atoms. The molecule has 2 unspecified atom stereocenters. The summed E-state index contributed by atoms with van der Waals surface area (Å²) >= 11 is 6.17. The maximum Gasteiger partial charge on any atom is 0.0412 e. The predicted molar refractivity (Wildman–Crippen MR) is 153 cm³/mol. The molecular formula is C32H36ClN3. The molecule has 5 rings (SSSR count). The Balaban J connectivity index is 1.28. The quantitative estimate of drug-likeness (QED) is 0.253. The average Bonchev–Trinajstić information content (AvgIpc) is 2.91. The summed E-state index contributed by atoms with van der Waals surface area (Å²) in [5.41, 5.74) is 11.1. The second-order valence-corrected chi connectivity index (χ2v) is 10.5. The van der Waals surface area contributed by atoms with Gasteiger partial charge in [0.2, 0.25) is 0 Å². The Labute approximate surface area is 220 Å². The van der Waals surface area contributed by atoms with Crippen LogP contribution in [0.2, 0.25) is 5.02 Å². The number of piperazine rings is 1. The second kappa shape index (κ2) is 12.0. The number of fused-ring (bicyclic) bond motifs is 1. The smallest absolute Gasteiger partial charge is 0.0412 e. The summed E-state index contributed by atoms with van der Waals surface area (Å²) in [7, 11) is 0. The maximum absolute atomic E-state index is 6.17. The minimum absolute atomic E-state index is 0.434. The molecule has 1 aliphatic rings. The van der Waals surface area contributed by atoms with Gasteiger partial charge in [0, 0.05) is 36.7 Å². The minimum atomic E-state index is 0.434. The molecule has 0 saturated carbocycles. The van der Waals surface area contributed by atoms with E-state index in [9.17, 15) is 0 Å². The first-order valence-corrected chi connectivity index (χ1v) is 13.6. The monoisotopic (exact) mass is 497 g/mol. The van der Waals surface area contributed by atoms with Crippen molar-refractivity contribution in [3.05, 3.63) is 107 Å². The first kappa shape index (κ1) is 25.0. The normalized spacial score (nSPS) is 18.5. The first-order valence-electron chi connectivity index (χ1n) is 13.2. The molecule has 3 nitrogen and oxygen atoms in total. The third-order valence-electron chi connectivity index (χ3n) is 7.40. The molecule has 0 aliphatic carbocycles. The highest BCUT2D eigenvalue weighted by Gasteiger charge is 2.27. The van der Waals surface area contributed by atoms with Gasteiger partial charge in [-0.2, -0.15) is 0 Å². The highest BCUT2D eigenvalue weighted by molar-refractivity contribution is 6.31. The van der Waals surface area contributed by atoms with Crippen LogP contribution >= 0.6 is 11.6 Å². The van der Waals surface area contributed by atoms with Gasteiger partial charge in [-0.3, -0.25) is 4.90 Å². The van der Waals surface area contributed by atoms with E-state index in [0.29, 0.717) is 12.1 Å². The molecule has 3 N–H and O–H groups in total. The molecule has 1 saturated heterocycles. The molecule has 4 aromatic rings.